The molecule has 0 spiro atoms. The standard InChI is InChI=1S/C25H22F3N3O4S/c1-34-17-9-14(10-18(12-17)35-2)22-23-19(6-8-36-23)24(33)31(29-22)21-11-15(30-7-5-16(32)13-30)3-4-20(21)25(26,27)28/h3-4,6,8-12,16,32H,5,7,13H2,1-2H3. The van der Waals surface area contributed by atoms with Gasteiger partial charge in [-0.05, 0) is 48.2 Å². The van der Waals surface area contributed by atoms with Gasteiger partial charge in [-0.15, -0.1) is 11.3 Å². The van der Waals surface area contributed by atoms with Gasteiger partial charge >= 0.3 is 6.18 Å². The zero-order chi connectivity index (χ0) is 25.6. The fraction of sp³-hybridized carbons (Fsp3) is 0.280. The van der Waals surface area contributed by atoms with E-state index >= 15 is 0 Å². The molecule has 5 rings (SSSR count). The summed E-state index contributed by atoms with van der Waals surface area (Å²) in [7, 11) is 2.98. The van der Waals surface area contributed by atoms with E-state index in [1.807, 2.05) is 0 Å². The Kier molecular flexibility index (Phi) is 6.13. The molecule has 3 heterocycles. The summed E-state index contributed by atoms with van der Waals surface area (Å²) in [6.07, 6.45) is -4.77. The van der Waals surface area contributed by atoms with E-state index in [-0.39, 0.29) is 11.1 Å². The Morgan fingerprint density at radius 2 is 1.81 bits per heavy atom. The highest BCUT2D eigenvalue weighted by Gasteiger charge is 2.36. The van der Waals surface area contributed by atoms with Gasteiger partial charge in [0, 0.05) is 30.4 Å². The minimum Gasteiger partial charge on any atom is -0.497 e. The Labute approximate surface area is 207 Å². The summed E-state index contributed by atoms with van der Waals surface area (Å²) in [5.74, 6) is 0.943. The van der Waals surface area contributed by atoms with Crippen LogP contribution in [0.4, 0.5) is 18.9 Å². The van der Waals surface area contributed by atoms with Gasteiger partial charge in [-0.2, -0.15) is 23.0 Å². The van der Waals surface area contributed by atoms with Gasteiger partial charge in [-0.25, -0.2) is 0 Å². The van der Waals surface area contributed by atoms with Gasteiger partial charge in [0.15, 0.2) is 0 Å². The molecule has 11 heteroatoms. The first-order chi connectivity index (χ1) is 17.2. The molecule has 0 radical (unpaired) electrons. The predicted molar refractivity (Wildman–Crippen MR) is 132 cm³/mol. The summed E-state index contributed by atoms with van der Waals surface area (Å²) in [4.78, 5) is 15.2. The number of β-amino-alcohol motifs (C(OH)–C–C–N with tert-alkyl or cyclic N) is 1. The molecule has 7 nitrogen and oxygen atoms in total. The van der Waals surface area contributed by atoms with Crippen LogP contribution in [0.25, 0.3) is 27.0 Å². The smallest absolute Gasteiger partial charge is 0.418 e. The van der Waals surface area contributed by atoms with Crippen molar-refractivity contribution in [2.45, 2.75) is 18.7 Å². The third kappa shape index (κ3) is 4.28. The molecule has 2 aromatic heterocycles. The largest absolute Gasteiger partial charge is 0.497 e. The first-order valence-corrected chi connectivity index (χ1v) is 12.0. The summed E-state index contributed by atoms with van der Waals surface area (Å²) in [6.45, 7) is 0.790. The SMILES string of the molecule is COc1cc(OC)cc(-c2nn(-c3cc(N4CCC(O)C4)ccc3C(F)(F)F)c(=O)c3ccsc23)c1. The average molecular weight is 518 g/mol. The quantitative estimate of drug-likeness (QED) is 0.413. The molecule has 0 aliphatic carbocycles. The Morgan fingerprint density at radius 3 is 2.42 bits per heavy atom. The van der Waals surface area contributed by atoms with Gasteiger partial charge in [-0.1, -0.05) is 0 Å². The molecule has 2 aromatic carbocycles. The maximum atomic E-state index is 14.1. The van der Waals surface area contributed by atoms with Gasteiger partial charge in [0.1, 0.15) is 17.2 Å². The number of rotatable bonds is 5. The number of anilines is 1. The van der Waals surface area contributed by atoms with E-state index in [4.69, 9.17) is 9.47 Å². The third-order valence-electron chi connectivity index (χ3n) is 6.17. The van der Waals surface area contributed by atoms with Crippen LogP contribution in [0.15, 0.2) is 52.6 Å². The molecular weight excluding hydrogens is 495 g/mol. The lowest BCUT2D eigenvalue weighted by Gasteiger charge is -2.21. The Bertz CT molecular complexity index is 1480. The van der Waals surface area contributed by atoms with Crippen molar-refractivity contribution in [2.24, 2.45) is 0 Å². The molecule has 188 valence electrons. The summed E-state index contributed by atoms with van der Waals surface area (Å²) < 4.78 is 54.3. The second-order valence-corrected chi connectivity index (χ2v) is 9.33. The molecule has 36 heavy (non-hydrogen) atoms. The molecule has 1 atom stereocenters. The van der Waals surface area contributed by atoms with Crippen LogP contribution in [0.3, 0.4) is 0 Å². The number of aromatic nitrogens is 2. The molecule has 1 fully saturated rings. The fourth-order valence-corrected chi connectivity index (χ4v) is 5.26. The Morgan fingerprint density at radius 1 is 1.08 bits per heavy atom. The van der Waals surface area contributed by atoms with Crippen molar-refractivity contribution in [2.75, 3.05) is 32.2 Å². The van der Waals surface area contributed by atoms with Crippen molar-refractivity contribution in [1.82, 2.24) is 9.78 Å². The monoisotopic (exact) mass is 517 g/mol. The molecule has 1 N–H and O–H groups in total. The van der Waals surface area contributed by atoms with Crippen molar-refractivity contribution in [3.63, 3.8) is 0 Å². The molecule has 1 saturated heterocycles. The van der Waals surface area contributed by atoms with E-state index in [1.165, 1.54) is 37.7 Å². The molecule has 0 bridgehead atoms. The van der Waals surface area contributed by atoms with Gasteiger partial charge in [0.2, 0.25) is 0 Å². The number of benzene rings is 2. The minimum atomic E-state index is -4.72. The maximum Gasteiger partial charge on any atom is 0.418 e. The summed E-state index contributed by atoms with van der Waals surface area (Å²) in [5, 5.41) is 16.3. The molecule has 1 unspecified atom stereocenters. The van der Waals surface area contributed by atoms with Crippen molar-refractivity contribution in [3.05, 3.63) is 63.8 Å². The van der Waals surface area contributed by atoms with Crippen LogP contribution in [0, 0.1) is 0 Å². The zero-order valence-electron chi connectivity index (χ0n) is 19.4. The molecule has 1 aliphatic rings. The molecule has 4 aromatic rings. The summed E-state index contributed by atoms with van der Waals surface area (Å²) in [5.41, 5.74) is -0.695. The topological polar surface area (TPSA) is 76.8 Å². The number of hydrogen-bond donors (Lipinski definition) is 1. The lowest BCUT2D eigenvalue weighted by molar-refractivity contribution is -0.137. The molecule has 1 aliphatic heterocycles. The fourth-order valence-electron chi connectivity index (χ4n) is 4.37. The highest BCUT2D eigenvalue weighted by atomic mass is 32.1. The van der Waals surface area contributed by atoms with Crippen molar-refractivity contribution < 1.29 is 27.8 Å². The molecule has 0 saturated carbocycles. The normalized spacial score (nSPS) is 16.1. The van der Waals surface area contributed by atoms with Crippen LogP contribution in [-0.2, 0) is 6.18 Å². The number of methoxy groups -OCH3 is 2. The van der Waals surface area contributed by atoms with E-state index < -0.39 is 23.4 Å². The number of halogens is 3. The van der Waals surface area contributed by atoms with Gasteiger partial charge in [0.05, 0.1) is 41.7 Å². The van der Waals surface area contributed by atoms with Crippen LogP contribution in [0.1, 0.15) is 12.0 Å². The number of aliphatic hydroxyl groups is 1. The van der Waals surface area contributed by atoms with Crippen molar-refractivity contribution in [3.8, 4) is 28.4 Å². The minimum absolute atomic E-state index is 0.252. The number of alkyl halides is 3. The van der Waals surface area contributed by atoms with E-state index in [1.54, 1.807) is 34.5 Å². The van der Waals surface area contributed by atoms with E-state index in [2.05, 4.69) is 5.10 Å². The lowest BCUT2D eigenvalue weighted by Crippen LogP contribution is -2.26. The van der Waals surface area contributed by atoms with E-state index in [9.17, 15) is 23.1 Å². The van der Waals surface area contributed by atoms with E-state index in [0.717, 1.165) is 10.7 Å². The second-order valence-electron chi connectivity index (χ2n) is 8.42. The summed E-state index contributed by atoms with van der Waals surface area (Å²) in [6, 6.07) is 10.2. The van der Waals surface area contributed by atoms with Crippen molar-refractivity contribution >= 4 is 27.1 Å². The second kappa shape index (κ2) is 9.14. The maximum absolute atomic E-state index is 14.1. The van der Waals surface area contributed by atoms with Crippen LogP contribution >= 0.6 is 11.3 Å². The predicted octanol–water partition coefficient (Wildman–Crippen LogP) is 4.72. The number of nitrogens with zero attached hydrogens (tertiary/aromatic N) is 3. The zero-order valence-corrected chi connectivity index (χ0v) is 20.2. The number of aliphatic hydroxyl groups excluding tert-OH is 1. The van der Waals surface area contributed by atoms with E-state index in [0.29, 0.717) is 52.7 Å². The van der Waals surface area contributed by atoms with Crippen LogP contribution in [0.2, 0.25) is 0 Å². The van der Waals surface area contributed by atoms with Crippen LogP contribution < -0.4 is 19.9 Å². The van der Waals surface area contributed by atoms with Gasteiger partial charge in [0.25, 0.3) is 5.56 Å². The number of thiophene rings is 1. The lowest BCUT2D eigenvalue weighted by atomic mass is 10.1. The molecule has 0 amide bonds. The average Bonchev–Trinajstić information content (AvgIpc) is 3.53. The third-order valence-corrected chi connectivity index (χ3v) is 7.09. The number of hydrogen-bond acceptors (Lipinski definition) is 7. The first-order valence-electron chi connectivity index (χ1n) is 11.1. The number of fused-ring (bicyclic) bond motifs is 1. The first kappa shape index (κ1) is 24.1. The number of ether oxygens (including phenoxy) is 2. The highest BCUT2D eigenvalue weighted by Crippen LogP contribution is 2.38. The Hall–Kier alpha value is -3.57. The van der Waals surface area contributed by atoms with Gasteiger partial charge in [-0.3, -0.25) is 4.79 Å². The Balaban J connectivity index is 1.78. The summed E-state index contributed by atoms with van der Waals surface area (Å²) >= 11 is 1.27. The van der Waals surface area contributed by atoms with Crippen LogP contribution in [0.5, 0.6) is 11.5 Å². The van der Waals surface area contributed by atoms with Crippen molar-refractivity contribution in [1.29, 1.82) is 0 Å². The molecular formula is C25H22F3N3O4S. The highest BCUT2D eigenvalue weighted by molar-refractivity contribution is 7.17. The van der Waals surface area contributed by atoms with Crippen LogP contribution in [-0.4, -0.2) is 48.3 Å². The van der Waals surface area contributed by atoms with Gasteiger partial charge < -0.3 is 19.5 Å².